The van der Waals surface area contributed by atoms with E-state index >= 15 is 0 Å². The number of hydrogen-bond acceptors (Lipinski definition) is 3. The molecule has 14 heavy (non-hydrogen) atoms. The molecule has 0 aromatic carbocycles. The van der Waals surface area contributed by atoms with Crippen LogP contribution in [0, 0.1) is 6.92 Å². The number of aromatic nitrogens is 1. The van der Waals surface area contributed by atoms with E-state index in [-0.39, 0.29) is 0 Å². The molecule has 0 fully saturated rings. The molecule has 0 amide bonds. The molecule has 1 rings (SSSR count). The minimum Gasteiger partial charge on any atom is -0.389 e. The molecule has 4 heteroatoms. The molecule has 0 aliphatic heterocycles. The van der Waals surface area contributed by atoms with Gasteiger partial charge < -0.3 is 10.6 Å². The maximum absolute atomic E-state index is 5.62. The predicted octanol–water partition coefficient (Wildman–Crippen LogP) is 1.48. The summed E-state index contributed by atoms with van der Waals surface area (Å²) in [6.45, 7) is 4.90. The van der Waals surface area contributed by atoms with E-state index in [1.807, 2.05) is 31.0 Å². The van der Waals surface area contributed by atoms with Crippen molar-refractivity contribution >= 4 is 23.0 Å². The van der Waals surface area contributed by atoms with Crippen LogP contribution in [-0.2, 0) is 0 Å². The summed E-state index contributed by atoms with van der Waals surface area (Å²) in [5, 5.41) is 0. The van der Waals surface area contributed by atoms with Crippen molar-refractivity contribution in [2.24, 2.45) is 5.73 Å². The van der Waals surface area contributed by atoms with E-state index in [0.717, 1.165) is 23.6 Å². The molecule has 0 bridgehead atoms. The summed E-state index contributed by atoms with van der Waals surface area (Å²) in [5.74, 6) is 0.861. The number of rotatable bonds is 3. The van der Waals surface area contributed by atoms with Crippen LogP contribution in [0.5, 0.6) is 0 Å². The molecule has 0 radical (unpaired) electrons. The summed E-state index contributed by atoms with van der Waals surface area (Å²) < 4.78 is 0. The van der Waals surface area contributed by atoms with Gasteiger partial charge in [0.2, 0.25) is 0 Å². The molecule has 3 nitrogen and oxygen atoms in total. The minimum atomic E-state index is 0.396. The summed E-state index contributed by atoms with van der Waals surface area (Å²) in [7, 11) is 1.98. The van der Waals surface area contributed by atoms with Gasteiger partial charge in [-0.3, -0.25) is 0 Å². The number of nitrogens with zero attached hydrogens (tertiary/aromatic N) is 2. The predicted molar refractivity (Wildman–Crippen MR) is 63.8 cm³/mol. The lowest BCUT2D eigenvalue weighted by Crippen LogP contribution is -2.23. The first-order chi connectivity index (χ1) is 6.56. The molecule has 0 spiro atoms. The van der Waals surface area contributed by atoms with E-state index in [0.29, 0.717) is 4.99 Å². The van der Waals surface area contributed by atoms with Crippen molar-refractivity contribution < 1.29 is 0 Å². The fourth-order valence-electron chi connectivity index (χ4n) is 1.18. The Labute approximate surface area is 89.9 Å². The van der Waals surface area contributed by atoms with Gasteiger partial charge in [0.05, 0.1) is 5.56 Å². The van der Waals surface area contributed by atoms with E-state index in [1.165, 1.54) is 0 Å². The van der Waals surface area contributed by atoms with Gasteiger partial charge in [-0.1, -0.05) is 12.2 Å². The summed E-state index contributed by atoms with van der Waals surface area (Å²) in [4.78, 5) is 6.85. The van der Waals surface area contributed by atoms with E-state index in [4.69, 9.17) is 18.0 Å². The van der Waals surface area contributed by atoms with E-state index in [1.54, 1.807) is 0 Å². The Morgan fingerprint density at radius 1 is 1.57 bits per heavy atom. The number of hydrogen-bond donors (Lipinski definition) is 1. The van der Waals surface area contributed by atoms with Crippen LogP contribution < -0.4 is 10.6 Å². The number of nitrogens with two attached hydrogens (primary N) is 1. The monoisotopic (exact) mass is 209 g/mol. The summed E-state index contributed by atoms with van der Waals surface area (Å²) >= 11 is 4.97. The standard InChI is InChI=1S/C10H15N3S/c1-4-13(3)10-8(9(11)14)6-5-7(2)12-10/h5-6H,4H2,1-3H3,(H2,11,14). The lowest BCUT2D eigenvalue weighted by atomic mass is 10.2. The van der Waals surface area contributed by atoms with E-state index in [2.05, 4.69) is 11.9 Å². The molecule has 0 unspecified atom stereocenters. The first-order valence-electron chi connectivity index (χ1n) is 4.54. The third-order valence-electron chi connectivity index (χ3n) is 2.12. The summed E-state index contributed by atoms with van der Waals surface area (Å²) in [5.41, 5.74) is 7.44. The highest BCUT2D eigenvalue weighted by Gasteiger charge is 2.09. The van der Waals surface area contributed by atoms with Crippen LogP contribution in [0.15, 0.2) is 12.1 Å². The average molecular weight is 209 g/mol. The second kappa shape index (κ2) is 4.37. The van der Waals surface area contributed by atoms with Crippen molar-refractivity contribution in [2.45, 2.75) is 13.8 Å². The first-order valence-corrected chi connectivity index (χ1v) is 4.95. The zero-order valence-corrected chi connectivity index (χ0v) is 9.56. The third-order valence-corrected chi connectivity index (χ3v) is 2.34. The minimum absolute atomic E-state index is 0.396. The van der Waals surface area contributed by atoms with Crippen LogP contribution in [0.3, 0.4) is 0 Å². The van der Waals surface area contributed by atoms with Crippen LogP contribution >= 0.6 is 12.2 Å². The van der Waals surface area contributed by atoms with Crippen molar-refractivity contribution in [3.8, 4) is 0 Å². The van der Waals surface area contributed by atoms with Gasteiger partial charge in [0.25, 0.3) is 0 Å². The zero-order chi connectivity index (χ0) is 10.7. The zero-order valence-electron chi connectivity index (χ0n) is 8.74. The maximum Gasteiger partial charge on any atom is 0.138 e. The van der Waals surface area contributed by atoms with Gasteiger partial charge in [0, 0.05) is 19.3 Å². The lowest BCUT2D eigenvalue weighted by molar-refractivity contribution is 0.928. The number of pyridine rings is 1. The molecular formula is C10H15N3S. The molecular weight excluding hydrogens is 194 g/mol. The van der Waals surface area contributed by atoms with Gasteiger partial charge in [-0.05, 0) is 26.0 Å². The lowest BCUT2D eigenvalue weighted by Gasteiger charge is -2.19. The Morgan fingerprint density at radius 2 is 2.21 bits per heavy atom. The summed E-state index contributed by atoms with van der Waals surface area (Å²) in [6, 6.07) is 3.84. The number of thiocarbonyl (C=S) groups is 1. The van der Waals surface area contributed by atoms with Crippen LogP contribution in [0.2, 0.25) is 0 Å². The van der Waals surface area contributed by atoms with Crippen LogP contribution in [0.4, 0.5) is 5.82 Å². The van der Waals surface area contributed by atoms with Gasteiger partial charge in [-0.25, -0.2) is 4.98 Å². The van der Waals surface area contributed by atoms with Crippen molar-refractivity contribution in [2.75, 3.05) is 18.5 Å². The molecule has 1 aromatic rings. The molecule has 0 saturated heterocycles. The van der Waals surface area contributed by atoms with Gasteiger partial charge >= 0.3 is 0 Å². The van der Waals surface area contributed by atoms with Crippen molar-refractivity contribution in [3.05, 3.63) is 23.4 Å². The quantitative estimate of drug-likeness (QED) is 0.766. The smallest absolute Gasteiger partial charge is 0.138 e. The molecule has 76 valence electrons. The van der Waals surface area contributed by atoms with Gasteiger partial charge in [0.15, 0.2) is 0 Å². The highest BCUT2D eigenvalue weighted by Crippen LogP contribution is 2.16. The van der Waals surface area contributed by atoms with Crippen LogP contribution in [0.25, 0.3) is 0 Å². The topological polar surface area (TPSA) is 42.2 Å². The largest absolute Gasteiger partial charge is 0.389 e. The first kappa shape index (κ1) is 10.9. The Morgan fingerprint density at radius 3 is 2.71 bits per heavy atom. The van der Waals surface area contributed by atoms with Crippen LogP contribution in [-0.4, -0.2) is 23.6 Å². The molecule has 0 saturated carbocycles. The van der Waals surface area contributed by atoms with Crippen molar-refractivity contribution in [1.29, 1.82) is 0 Å². The SMILES string of the molecule is CCN(C)c1nc(C)ccc1C(N)=S. The van der Waals surface area contributed by atoms with Crippen molar-refractivity contribution in [1.82, 2.24) is 4.98 Å². The number of aryl methyl sites for hydroxylation is 1. The fourth-order valence-corrected chi connectivity index (χ4v) is 1.34. The second-order valence-electron chi connectivity index (χ2n) is 3.20. The summed E-state index contributed by atoms with van der Waals surface area (Å²) in [6.07, 6.45) is 0. The molecule has 1 aromatic heterocycles. The third kappa shape index (κ3) is 2.20. The van der Waals surface area contributed by atoms with Gasteiger partial charge in [-0.2, -0.15) is 0 Å². The molecule has 0 aliphatic rings. The van der Waals surface area contributed by atoms with Crippen LogP contribution in [0.1, 0.15) is 18.2 Å². The van der Waals surface area contributed by atoms with Gasteiger partial charge in [-0.15, -0.1) is 0 Å². The normalized spacial score (nSPS) is 9.93. The number of anilines is 1. The van der Waals surface area contributed by atoms with E-state index < -0.39 is 0 Å². The Hall–Kier alpha value is -1.16. The Balaban J connectivity index is 3.22. The highest BCUT2D eigenvalue weighted by atomic mass is 32.1. The van der Waals surface area contributed by atoms with Gasteiger partial charge in [0.1, 0.15) is 10.8 Å². The second-order valence-corrected chi connectivity index (χ2v) is 3.64. The Kier molecular flexibility index (Phi) is 3.41. The highest BCUT2D eigenvalue weighted by molar-refractivity contribution is 7.80. The molecule has 2 N–H and O–H groups in total. The maximum atomic E-state index is 5.62. The molecule has 1 heterocycles. The molecule has 0 atom stereocenters. The van der Waals surface area contributed by atoms with E-state index in [9.17, 15) is 0 Å². The molecule has 0 aliphatic carbocycles. The van der Waals surface area contributed by atoms with Crippen molar-refractivity contribution in [3.63, 3.8) is 0 Å². The average Bonchev–Trinajstić information content (AvgIpc) is 2.16. The Bertz CT molecular complexity index is 349. The fraction of sp³-hybridized carbons (Fsp3) is 0.400.